The minimum Gasteiger partial charge on any atom is -0.384 e. The van der Waals surface area contributed by atoms with Crippen molar-refractivity contribution >= 4 is 44.8 Å². The van der Waals surface area contributed by atoms with Gasteiger partial charge in [0, 0.05) is 24.5 Å². The van der Waals surface area contributed by atoms with E-state index in [1.54, 1.807) is 37.3 Å². The van der Waals surface area contributed by atoms with E-state index < -0.39 is 39.4 Å². The van der Waals surface area contributed by atoms with E-state index in [2.05, 4.69) is 10.6 Å². The molecule has 0 spiro atoms. The molecule has 182 valence electrons. The van der Waals surface area contributed by atoms with E-state index in [0.29, 0.717) is 42.9 Å². The first-order valence-corrected chi connectivity index (χ1v) is 12.6. The smallest absolute Gasteiger partial charge is 0.233 e. The lowest BCUT2D eigenvalue weighted by atomic mass is 10.1. The Hall–Kier alpha value is -2.95. The number of halogens is 1. The number of rotatable bonds is 8. The lowest BCUT2D eigenvalue weighted by Crippen LogP contribution is -2.30. The van der Waals surface area contributed by atoms with Crippen LogP contribution >= 0.6 is 11.6 Å². The number of nitrogens with two attached hydrogens (primary N) is 1. The molecule has 2 aromatic carbocycles. The predicted molar refractivity (Wildman–Crippen MR) is 130 cm³/mol. The van der Waals surface area contributed by atoms with Gasteiger partial charge in [-0.1, -0.05) is 17.7 Å². The fraction of sp³-hybridized carbons (Fsp3) is 0.348. The largest absolute Gasteiger partial charge is 0.384 e. The molecule has 0 aliphatic carbocycles. The monoisotopic (exact) mass is 506 g/mol. The van der Waals surface area contributed by atoms with Gasteiger partial charge in [0.05, 0.1) is 21.2 Å². The molecular formula is C23H27ClN4O5S. The van der Waals surface area contributed by atoms with Crippen LogP contribution in [-0.2, 0) is 24.2 Å². The Morgan fingerprint density at radius 2 is 1.79 bits per heavy atom. The van der Waals surface area contributed by atoms with Crippen molar-refractivity contribution in [1.82, 2.24) is 5.32 Å². The number of amidine groups is 1. The molecule has 1 aliphatic rings. The summed E-state index contributed by atoms with van der Waals surface area (Å²) in [5, 5.41) is 12.3. The number of carbonyl (C=O) groups is 2. The number of amides is 2. The first kappa shape index (κ1) is 25.7. The minimum atomic E-state index is -3.58. The summed E-state index contributed by atoms with van der Waals surface area (Å²) in [5.41, 5.74) is 7.01. The fourth-order valence-corrected chi connectivity index (χ4v) is 5.92. The van der Waals surface area contributed by atoms with Crippen LogP contribution in [0.3, 0.4) is 0 Å². The van der Waals surface area contributed by atoms with Gasteiger partial charge >= 0.3 is 0 Å². The molecule has 5 N–H and O–H groups in total. The molecule has 1 atom stereocenters. The highest BCUT2D eigenvalue weighted by Gasteiger charge is 2.31. The number of carbonyl (C=O) groups excluding carboxylic acids is 2. The molecule has 0 saturated carbocycles. The minimum absolute atomic E-state index is 0.0681. The molecule has 2 aromatic rings. The van der Waals surface area contributed by atoms with Crippen molar-refractivity contribution in [2.24, 2.45) is 5.73 Å². The first-order chi connectivity index (χ1) is 16.1. The highest BCUT2D eigenvalue weighted by atomic mass is 35.5. The third kappa shape index (κ3) is 6.34. The second-order valence-electron chi connectivity index (χ2n) is 8.05. The normalized spacial score (nSPS) is 15.4. The van der Waals surface area contributed by atoms with Crippen LogP contribution in [0.4, 0.5) is 5.69 Å². The summed E-state index contributed by atoms with van der Waals surface area (Å²) in [6.45, 7) is 2.52. The van der Waals surface area contributed by atoms with Gasteiger partial charge in [0.1, 0.15) is 12.3 Å². The lowest BCUT2D eigenvalue weighted by molar-refractivity contribution is -0.127. The maximum absolute atomic E-state index is 12.9. The van der Waals surface area contributed by atoms with E-state index in [9.17, 15) is 18.0 Å². The molecule has 1 aliphatic heterocycles. The molecule has 9 nitrogen and oxygen atoms in total. The summed E-state index contributed by atoms with van der Waals surface area (Å²) < 4.78 is 31.1. The molecule has 1 saturated heterocycles. The van der Waals surface area contributed by atoms with Gasteiger partial charge in [0.2, 0.25) is 11.8 Å². The highest BCUT2D eigenvalue weighted by molar-refractivity contribution is 7.92. The Kier molecular flexibility index (Phi) is 8.29. The molecule has 0 aromatic heterocycles. The molecule has 2 amide bonds. The number of sulfone groups is 1. The Bertz CT molecular complexity index is 1180. The van der Waals surface area contributed by atoms with Crippen LogP contribution in [-0.4, -0.2) is 44.5 Å². The van der Waals surface area contributed by atoms with Crippen molar-refractivity contribution in [3.8, 4) is 0 Å². The Balaban J connectivity index is 1.58. The summed E-state index contributed by atoms with van der Waals surface area (Å²) in [5.74, 6) is -1.09. The van der Waals surface area contributed by atoms with Crippen LogP contribution in [0.1, 0.15) is 43.4 Å². The van der Waals surface area contributed by atoms with E-state index >= 15 is 0 Å². The molecule has 0 radical (unpaired) electrons. The van der Waals surface area contributed by atoms with Gasteiger partial charge in [-0.25, -0.2) is 8.42 Å². The van der Waals surface area contributed by atoms with Crippen LogP contribution in [0, 0.1) is 5.41 Å². The average molecular weight is 507 g/mol. The number of nitrogen functional groups attached to an aromatic ring is 1. The SMILES string of the molecule is CC(NC(=O)CC(=O)Nc1ccc(C(=N)N)cc1)c1ccc(S(=O)(=O)C2CCOCC2)c(Cl)c1. The zero-order valence-electron chi connectivity index (χ0n) is 18.6. The molecule has 1 unspecified atom stereocenters. The van der Waals surface area contributed by atoms with Gasteiger partial charge in [-0.3, -0.25) is 15.0 Å². The Labute approximate surface area is 203 Å². The van der Waals surface area contributed by atoms with Crippen molar-refractivity contribution in [1.29, 1.82) is 5.41 Å². The molecule has 0 bridgehead atoms. The van der Waals surface area contributed by atoms with Crippen LogP contribution in [0.5, 0.6) is 0 Å². The van der Waals surface area contributed by atoms with Crippen molar-refractivity contribution < 1.29 is 22.7 Å². The quantitative estimate of drug-likeness (QED) is 0.245. The first-order valence-electron chi connectivity index (χ1n) is 10.7. The van der Waals surface area contributed by atoms with Gasteiger partial charge in [-0.15, -0.1) is 0 Å². The zero-order chi connectivity index (χ0) is 24.9. The number of hydrogen-bond acceptors (Lipinski definition) is 6. The molecule has 1 fully saturated rings. The maximum Gasteiger partial charge on any atom is 0.233 e. The molecule has 34 heavy (non-hydrogen) atoms. The number of anilines is 1. The van der Waals surface area contributed by atoms with Crippen molar-refractivity contribution in [3.05, 3.63) is 58.6 Å². The third-order valence-electron chi connectivity index (χ3n) is 5.55. The standard InChI is InChI=1S/C23H27ClN4O5S/c1-14(27-21(29)13-22(30)28-17-5-2-15(3-6-17)23(25)26)16-4-7-20(19(24)12-16)34(31,32)18-8-10-33-11-9-18/h2-7,12,14,18H,8-11,13H2,1H3,(H3,25,26)(H,27,29)(H,28,30). The average Bonchev–Trinajstić information content (AvgIpc) is 2.79. The maximum atomic E-state index is 12.9. The van der Waals surface area contributed by atoms with Gasteiger partial charge < -0.3 is 21.1 Å². The summed E-state index contributed by atoms with van der Waals surface area (Å²) in [6, 6.07) is 10.5. The summed E-state index contributed by atoms with van der Waals surface area (Å²) in [4.78, 5) is 24.6. The van der Waals surface area contributed by atoms with Crippen LogP contribution < -0.4 is 16.4 Å². The van der Waals surface area contributed by atoms with Gasteiger partial charge in [-0.2, -0.15) is 0 Å². The molecule has 3 rings (SSSR count). The molecule has 1 heterocycles. The second kappa shape index (κ2) is 11.0. The van der Waals surface area contributed by atoms with E-state index in [1.807, 2.05) is 0 Å². The summed E-state index contributed by atoms with van der Waals surface area (Å²) >= 11 is 6.31. The van der Waals surface area contributed by atoms with Crippen LogP contribution in [0.25, 0.3) is 0 Å². The van der Waals surface area contributed by atoms with Gasteiger partial charge in [-0.05, 0) is 61.7 Å². The van der Waals surface area contributed by atoms with Crippen molar-refractivity contribution in [3.63, 3.8) is 0 Å². The number of ether oxygens (including phenoxy) is 1. The lowest BCUT2D eigenvalue weighted by Gasteiger charge is -2.23. The number of hydrogen-bond donors (Lipinski definition) is 4. The predicted octanol–water partition coefficient (Wildman–Crippen LogP) is 2.78. The zero-order valence-corrected chi connectivity index (χ0v) is 20.2. The van der Waals surface area contributed by atoms with E-state index in [4.69, 9.17) is 27.5 Å². The van der Waals surface area contributed by atoms with E-state index in [0.717, 1.165) is 0 Å². The molecule has 11 heteroatoms. The highest BCUT2D eigenvalue weighted by Crippen LogP contribution is 2.31. The van der Waals surface area contributed by atoms with Crippen LogP contribution in [0.2, 0.25) is 5.02 Å². The molecular weight excluding hydrogens is 480 g/mol. The van der Waals surface area contributed by atoms with Crippen molar-refractivity contribution in [2.45, 2.75) is 42.4 Å². The Morgan fingerprint density at radius 1 is 1.15 bits per heavy atom. The van der Waals surface area contributed by atoms with E-state index in [1.165, 1.54) is 12.1 Å². The summed E-state index contributed by atoms with van der Waals surface area (Å²) in [7, 11) is -3.58. The summed E-state index contributed by atoms with van der Waals surface area (Å²) in [6.07, 6.45) is 0.453. The van der Waals surface area contributed by atoms with Crippen LogP contribution in [0.15, 0.2) is 47.4 Å². The fourth-order valence-electron chi connectivity index (χ4n) is 3.64. The van der Waals surface area contributed by atoms with Gasteiger partial charge in [0.15, 0.2) is 9.84 Å². The third-order valence-corrected chi connectivity index (χ3v) is 8.29. The van der Waals surface area contributed by atoms with E-state index in [-0.39, 0.29) is 15.8 Å². The number of nitrogens with one attached hydrogen (secondary N) is 3. The number of benzene rings is 2. The second-order valence-corrected chi connectivity index (χ2v) is 10.7. The topological polar surface area (TPSA) is 151 Å². The van der Waals surface area contributed by atoms with Gasteiger partial charge in [0.25, 0.3) is 0 Å². The van der Waals surface area contributed by atoms with Crippen molar-refractivity contribution in [2.75, 3.05) is 18.5 Å². The Morgan fingerprint density at radius 3 is 2.38 bits per heavy atom.